The molecular formula is C27H29F3O2. The summed E-state index contributed by atoms with van der Waals surface area (Å²) in [6.45, 7) is 2.15. The Morgan fingerprint density at radius 3 is 2.56 bits per heavy atom. The van der Waals surface area contributed by atoms with E-state index in [9.17, 15) is 23.1 Å². The maximum absolute atomic E-state index is 13.1. The molecule has 2 nitrogen and oxygen atoms in total. The van der Waals surface area contributed by atoms with Crippen molar-refractivity contribution in [2.24, 2.45) is 23.2 Å². The van der Waals surface area contributed by atoms with Gasteiger partial charge >= 0.3 is 6.18 Å². The van der Waals surface area contributed by atoms with Gasteiger partial charge in [-0.3, -0.25) is 4.79 Å². The number of aromatic hydroxyl groups is 1. The Hall–Kier alpha value is -2.30. The monoisotopic (exact) mass is 442 g/mol. The zero-order valence-electron chi connectivity index (χ0n) is 18.3. The van der Waals surface area contributed by atoms with Gasteiger partial charge in [-0.1, -0.05) is 25.1 Å². The molecule has 2 aromatic carbocycles. The highest BCUT2D eigenvalue weighted by Gasteiger charge is 2.58. The molecule has 0 unspecified atom stereocenters. The summed E-state index contributed by atoms with van der Waals surface area (Å²) in [7, 11) is 0. The summed E-state index contributed by atoms with van der Waals surface area (Å²) in [5.74, 6) is 2.17. The van der Waals surface area contributed by atoms with Crippen LogP contribution < -0.4 is 0 Å². The number of alkyl halides is 3. The highest BCUT2D eigenvalue weighted by atomic mass is 19.4. The largest absolute Gasteiger partial charge is 0.508 e. The third-order valence-corrected chi connectivity index (χ3v) is 8.64. The highest BCUT2D eigenvalue weighted by molar-refractivity contribution is 5.87. The van der Waals surface area contributed by atoms with Crippen molar-refractivity contribution in [1.29, 1.82) is 0 Å². The van der Waals surface area contributed by atoms with Crippen LogP contribution in [0.1, 0.15) is 67.2 Å². The van der Waals surface area contributed by atoms with E-state index in [0.29, 0.717) is 42.1 Å². The summed E-state index contributed by atoms with van der Waals surface area (Å²) >= 11 is 0. The average Bonchev–Trinajstić information content (AvgIpc) is 3.01. The number of aryl methyl sites for hydroxylation is 2. The van der Waals surface area contributed by atoms with E-state index >= 15 is 0 Å². The number of halogens is 3. The van der Waals surface area contributed by atoms with Crippen LogP contribution in [0.3, 0.4) is 0 Å². The van der Waals surface area contributed by atoms with E-state index in [2.05, 4.69) is 13.0 Å². The van der Waals surface area contributed by atoms with Crippen LogP contribution in [0.15, 0.2) is 42.5 Å². The van der Waals surface area contributed by atoms with Crippen molar-refractivity contribution in [3.05, 3.63) is 64.7 Å². The third-order valence-electron chi connectivity index (χ3n) is 8.64. The number of fused-ring (bicyclic) bond motifs is 5. The molecule has 0 amide bonds. The Morgan fingerprint density at radius 2 is 1.84 bits per heavy atom. The lowest BCUT2D eigenvalue weighted by Crippen LogP contribution is -2.44. The minimum absolute atomic E-state index is 0.277. The zero-order chi connectivity index (χ0) is 22.7. The second-order valence-electron chi connectivity index (χ2n) is 10.3. The number of hydrogen-bond donors (Lipinski definition) is 1. The molecule has 0 spiro atoms. The van der Waals surface area contributed by atoms with Crippen molar-refractivity contribution in [2.75, 3.05) is 0 Å². The first kappa shape index (κ1) is 21.5. The fraction of sp³-hybridized carbons (Fsp3) is 0.519. The zero-order valence-corrected chi connectivity index (χ0v) is 18.3. The van der Waals surface area contributed by atoms with Crippen LogP contribution in [0.5, 0.6) is 5.75 Å². The molecule has 5 rings (SSSR count). The van der Waals surface area contributed by atoms with Gasteiger partial charge in [0.05, 0.1) is 5.56 Å². The summed E-state index contributed by atoms with van der Waals surface area (Å²) in [6, 6.07) is 11.2. The lowest BCUT2D eigenvalue weighted by atomic mass is 9.54. The van der Waals surface area contributed by atoms with Gasteiger partial charge in [-0.2, -0.15) is 13.2 Å². The predicted octanol–water partition coefficient (Wildman–Crippen LogP) is 6.70. The Bertz CT molecular complexity index is 1030. The summed E-state index contributed by atoms with van der Waals surface area (Å²) in [5.41, 5.74) is 2.57. The highest BCUT2D eigenvalue weighted by Crippen LogP contribution is 2.62. The van der Waals surface area contributed by atoms with Crippen molar-refractivity contribution in [1.82, 2.24) is 0 Å². The van der Waals surface area contributed by atoms with E-state index in [-0.39, 0.29) is 11.3 Å². The number of carbonyl (C=O) groups is 1. The molecule has 170 valence electrons. The molecule has 0 radical (unpaired) electrons. The van der Waals surface area contributed by atoms with E-state index in [0.717, 1.165) is 49.8 Å². The van der Waals surface area contributed by atoms with Crippen LogP contribution in [0.2, 0.25) is 0 Å². The lowest BCUT2D eigenvalue weighted by Gasteiger charge is -2.50. The Kier molecular flexibility index (Phi) is 5.14. The van der Waals surface area contributed by atoms with Crippen LogP contribution in [0.4, 0.5) is 13.2 Å². The van der Waals surface area contributed by atoms with Gasteiger partial charge in [-0.15, -0.1) is 0 Å². The third kappa shape index (κ3) is 3.54. The predicted molar refractivity (Wildman–Crippen MR) is 116 cm³/mol. The van der Waals surface area contributed by atoms with Gasteiger partial charge in [0.25, 0.3) is 0 Å². The van der Waals surface area contributed by atoms with E-state index in [1.165, 1.54) is 11.1 Å². The molecule has 2 fully saturated rings. The molecule has 5 atom stereocenters. The van der Waals surface area contributed by atoms with Crippen LogP contribution >= 0.6 is 0 Å². The normalized spacial score (nSPS) is 31.7. The summed E-state index contributed by atoms with van der Waals surface area (Å²) in [5, 5.41) is 9.89. The number of phenols is 1. The number of hydrogen-bond acceptors (Lipinski definition) is 2. The fourth-order valence-electron chi connectivity index (χ4n) is 7.11. The Balaban J connectivity index is 1.36. The summed E-state index contributed by atoms with van der Waals surface area (Å²) in [4.78, 5) is 13.1. The van der Waals surface area contributed by atoms with E-state index < -0.39 is 11.7 Å². The minimum atomic E-state index is -4.32. The molecule has 5 heteroatoms. The summed E-state index contributed by atoms with van der Waals surface area (Å²) in [6.07, 6.45) is 1.68. The maximum atomic E-state index is 13.1. The van der Waals surface area contributed by atoms with Crippen molar-refractivity contribution < 1.29 is 23.1 Å². The number of ketones is 1. The van der Waals surface area contributed by atoms with Gasteiger partial charge in [0.15, 0.2) is 0 Å². The molecule has 0 aliphatic heterocycles. The second-order valence-corrected chi connectivity index (χ2v) is 10.3. The SMILES string of the molecule is C[C@]12CC[C@@H]3c4ccc(O)cc4CC[C@H]3[C@@H]1[C@H](CCc1ccc(C(F)(F)F)cc1)CC2=O. The van der Waals surface area contributed by atoms with Crippen LogP contribution in [-0.2, 0) is 23.8 Å². The number of rotatable bonds is 3. The first-order valence-corrected chi connectivity index (χ1v) is 11.7. The molecular weight excluding hydrogens is 413 g/mol. The smallest absolute Gasteiger partial charge is 0.416 e. The summed E-state index contributed by atoms with van der Waals surface area (Å²) < 4.78 is 38.6. The second kappa shape index (κ2) is 7.64. The molecule has 1 N–H and O–H groups in total. The van der Waals surface area contributed by atoms with Crippen LogP contribution in [0.25, 0.3) is 0 Å². The van der Waals surface area contributed by atoms with E-state index in [4.69, 9.17) is 0 Å². The van der Waals surface area contributed by atoms with E-state index in [1.54, 1.807) is 18.2 Å². The van der Waals surface area contributed by atoms with Gasteiger partial charge in [-0.25, -0.2) is 0 Å². The van der Waals surface area contributed by atoms with Gasteiger partial charge in [0, 0.05) is 11.8 Å². The minimum Gasteiger partial charge on any atom is -0.508 e. The Labute approximate surface area is 186 Å². The van der Waals surface area contributed by atoms with Gasteiger partial charge in [0.2, 0.25) is 0 Å². The number of Topliss-reactive ketones (excluding diaryl/α,β-unsaturated/α-hetero) is 1. The topological polar surface area (TPSA) is 37.3 Å². The Morgan fingerprint density at radius 1 is 1.09 bits per heavy atom. The lowest BCUT2D eigenvalue weighted by molar-refractivity contribution is -0.137. The molecule has 0 heterocycles. The first-order valence-electron chi connectivity index (χ1n) is 11.7. The molecule has 3 aliphatic rings. The molecule has 0 aromatic heterocycles. The van der Waals surface area contributed by atoms with E-state index in [1.807, 2.05) is 6.07 Å². The quantitative estimate of drug-likeness (QED) is 0.575. The number of benzene rings is 2. The molecule has 2 aromatic rings. The van der Waals surface area contributed by atoms with Crippen molar-refractivity contribution in [2.45, 2.75) is 64.0 Å². The molecule has 3 aliphatic carbocycles. The number of phenolic OH excluding ortho intramolecular Hbond substituents is 1. The first-order chi connectivity index (χ1) is 15.2. The molecule has 0 saturated heterocycles. The van der Waals surface area contributed by atoms with Gasteiger partial charge in [0.1, 0.15) is 11.5 Å². The van der Waals surface area contributed by atoms with Gasteiger partial charge < -0.3 is 5.11 Å². The van der Waals surface area contributed by atoms with Crippen LogP contribution in [-0.4, -0.2) is 10.9 Å². The number of carbonyl (C=O) groups excluding carboxylic acids is 1. The maximum Gasteiger partial charge on any atom is 0.416 e. The standard InChI is InChI=1S/C27H29F3O2/c1-26-13-12-22-21-11-9-20(31)14-17(21)6-10-23(22)25(26)18(15-24(26)32)5-2-16-3-7-19(8-4-16)27(28,29)30/h3-4,7-9,11,14,18,22-23,25,31H,2,5-6,10,12-13,15H2,1H3/t18-,22-,23-,25+,26-/m1/s1. The molecule has 2 saturated carbocycles. The van der Waals surface area contributed by atoms with Crippen molar-refractivity contribution in [3.8, 4) is 5.75 Å². The van der Waals surface area contributed by atoms with Crippen molar-refractivity contribution >= 4 is 5.78 Å². The van der Waals surface area contributed by atoms with Crippen LogP contribution in [0, 0.1) is 23.2 Å². The molecule has 0 bridgehead atoms. The van der Waals surface area contributed by atoms with Crippen molar-refractivity contribution in [3.63, 3.8) is 0 Å². The van der Waals surface area contributed by atoms with Gasteiger partial charge in [-0.05, 0) is 103 Å². The average molecular weight is 443 g/mol. The fourth-order valence-corrected chi connectivity index (χ4v) is 7.11. The molecule has 32 heavy (non-hydrogen) atoms.